The minimum Gasteiger partial charge on any atom is -0.496 e. The van der Waals surface area contributed by atoms with E-state index < -0.39 is 20.3 Å². The molecule has 3 atom stereocenters. The first-order valence-corrected chi connectivity index (χ1v) is 19.4. The van der Waals surface area contributed by atoms with Crippen LogP contribution in [0.15, 0.2) is 78.9 Å². The molecule has 0 bridgehead atoms. The van der Waals surface area contributed by atoms with Crippen LogP contribution in [0.3, 0.4) is 0 Å². The lowest BCUT2D eigenvalue weighted by molar-refractivity contribution is -0.146. The summed E-state index contributed by atoms with van der Waals surface area (Å²) in [4.78, 5) is 5.09. The molecule has 0 N–H and O–H groups in total. The van der Waals surface area contributed by atoms with Gasteiger partial charge in [0.25, 0.3) is 5.82 Å². The van der Waals surface area contributed by atoms with Gasteiger partial charge in [-0.05, 0) is 64.3 Å². The number of aromatic nitrogens is 4. The molecule has 3 heterocycles. The second-order valence-corrected chi connectivity index (χ2v) is 19.3. The summed E-state index contributed by atoms with van der Waals surface area (Å²) in [5.74, 6) is -0.458. The predicted molar refractivity (Wildman–Crippen MR) is 182 cm³/mol. The topological polar surface area (TPSA) is 68.5 Å². The SMILES string of the molecule is COc1ccc(-n2nnnc2C(F)(F)F)cc1CN1C[C@@H]2C[C@@H](O[Si](C)(C)C(C)(C)C)CN2[C@@H](C(c2ccccc2)c2ccccc2)C1. The van der Waals surface area contributed by atoms with Crippen LogP contribution in [0.25, 0.3) is 5.69 Å². The van der Waals surface area contributed by atoms with Gasteiger partial charge in [0.1, 0.15) is 5.75 Å². The number of hydrogen-bond donors (Lipinski definition) is 0. The van der Waals surface area contributed by atoms with Crippen LogP contribution in [0.2, 0.25) is 18.1 Å². The third-order valence-electron chi connectivity index (χ3n) is 10.4. The average molecular weight is 679 g/mol. The number of benzene rings is 3. The van der Waals surface area contributed by atoms with Gasteiger partial charge >= 0.3 is 6.18 Å². The van der Waals surface area contributed by atoms with Gasteiger partial charge in [-0.25, -0.2) is 0 Å². The number of nitrogens with zero attached hydrogens (tertiary/aromatic N) is 6. The highest BCUT2D eigenvalue weighted by molar-refractivity contribution is 6.74. The zero-order chi connectivity index (χ0) is 34.3. The number of ether oxygens (including phenoxy) is 1. The number of halogens is 3. The maximum Gasteiger partial charge on any atom is 0.453 e. The van der Waals surface area contributed by atoms with Crippen LogP contribution < -0.4 is 4.74 Å². The van der Waals surface area contributed by atoms with Crippen molar-refractivity contribution in [3.63, 3.8) is 0 Å². The summed E-state index contributed by atoms with van der Waals surface area (Å²) in [6.45, 7) is 14.4. The molecule has 256 valence electrons. The van der Waals surface area contributed by atoms with E-state index in [-0.39, 0.29) is 34.8 Å². The summed E-state index contributed by atoms with van der Waals surface area (Å²) in [5.41, 5.74) is 3.50. The fourth-order valence-corrected chi connectivity index (χ4v) is 8.44. The normalized spacial score (nSPS) is 21.1. The first-order valence-electron chi connectivity index (χ1n) is 16.5. The van der Waals surface area contributed by atoms with Gasteiger partial charge in [-0.1, -0.05) is 81.4 Å². The Kier molecular flexibility index (Phi) is 9.56. The summed E-state index contributed by atoms with van der Waals surface area (Å²) in [6, 6.07) is 26.7. The fraction of sp³-hybridized carbons (Fsp3) is 0.472. The summed E-state index contributed by atoms with van der Waals surface area (Å²) in [5, 5.41) is 10.3. The molecule has 0 radical (unpaired) electrons. The monoisotopic (exact) mass is 678 g/mol. The Morgan fingerprint density at radius 3 is 2.12 bits per heavy atom. The maximum absolute atomic E-state index is 13.7. The largest absolute Gasteiger partial charge is 0.496 e. The third kappa shape index (κ3) is 7.07. The van der Waals surface area contributed by atoms with Crippen LogP contribution >= 0.6 is 0 Å². The summed E-state index contributed by atoms with van der Waals surface area (Å²) in [6.07, 6.45) is -3.64. The smallest absolute Gasteiger partial charge is 0.453 e. The lowest BCUT2D eigenvalue weighted by Crippen LogP contribution is -2.58. The Morgan fingerprint density at radius 2 is 1.54 bits per heavy atom. The Morgan fingerprint density at radius 1 is 0.896 bits per heavy atom. The van der Waals surface area contributed by atoms with E-state index in [1.165, 1.54) is 11.1 Å². The molecule has 8 nitrogen and oxygen atoms in total. The van der Waals surface area contributed by atoms with Gasteiger partial charge in [0.15, 0.2) is 8.32 Å². The molecule has 6 rings (SSSR count). The molecule has 48 heavy (non-hydrogen) atoms. The van der Waals surface area contributed by atoms with Crippen molar-refractivity contribution < 1.29 is 22.3 Å². The minimum atomic E-state index is -4.69. The molecule has 0 aliphatic carbocycles. The van der Waals surface area contributed by atoms with Gasteiger partial charge in [0.2, 0.25) is 0 Å². The molecule has 12 heteroatoms. The molecule has 1 aromatic heterocycles. The van der Waals surface area contributed by atoms with Crippen molar-refractivity contribution in [3.8, 4) is 11.4 Å². The van der Waals surface area contributed by atoms with Crippen molar-refractivity contribution in [3.05, 3.63) is 101 Å². The standard InChI is InChI=1S/C36H45F3N6O2Si/c1-35(2,3)48(5,6)47-30-20-29-22-43(21-27-19-28(17-18-32(27)46-4)45-34(36(37,38)39)40-41-42-45)24-31(44(29)23-30)33(25-13-9-7-10-14-25)26-15-11-8-12-16-26/h7-19,29-31,33H,20-24H2,1-6H3/t29-,30+,31+/m0/s1. The van der Waals surface area contributed by atoms with Gasteiger partial charge in [-0.2, -0.15) is 17.9 Å². The van der Waals surface area contributed by atoms with E-state index in [4.69, 9.17) is 9.16 Å². The van der Waals surface area contributed by atoms with Crippen LogP contribution in [0.4, 0.5) is 13.2 Å². The predicted octanol–water partition coefficient (Wildman–Crippen LogP) is 7.17. The summed E-state index contributed by atoms with van der Waals surface area (Å²) in [7, 11) is -0.427. The van der Waals surface area contributed by atoms with Gasteiger partial charge in [-0.15, -0.1) is 5.10 Å². The highest BCUT2D eigenvalue weighted by atomic mass is 28.4. The van der Waals surface area contributed by atoms with Crippen LogP contribution in [0, 0.1) is 0 Å². The van der Waals surface area contributed by atoms with Crippen LogP contribution in [0.5, 0.6) is 5.75 Å². The van der Waals surface area contributed by atoms with Crippen molar-refractivity contribution in [1.82, 2.24) is 30.0 Å². The number of rotatable bonds is 9. The fourth-order valence-electron chi connectivity index (χ4n) is 7.09. The summed E-state index contributed by atoms with van der Waals surface area (Å²) < 4.78 is 54.6. The average Bonchev–Trinajstić information content (AvgIpc) is 3.69. The lowest BCUT2D eigenvalue weighted by Gasteiger charge is -2.47. The number of piperazine rings is 1. The maximum atomic E-state index is 13.7. The van der Waals surface area contributed by atoms with E-state index in [0.717, 1.165) is 36.3 Å². The molecular formula is C36H45F3N6O2Si. The number of methoxy groups -OCH3 is 1. The number of tetrazole rings is 1. The Bertz CT molecular complexity index is 1640. The van der Waals surface area contributed by atoms with Crippen molar-refractivity contribution >= 4 is 8.32 Å². The second-order valence-electron chi connectivity index (χ2n) is 14.6. The number of hydrogen-bond acceptors (Lipinski definition) is 7. The van der Waals surface area contributed by atoms with Crippen molar-refractivity contribution in [2.24, 2.45) is 0 Å². The van der Waals surface area contributed by atoms with E-state index in [1.54, 1.807) is 25.3 Å². The number of fused-ring (bicyclic) bond motifs is 1. The van der Waals surface area contributed by atoms with Crippen LogP contribution in [-0.4, -0.2) is 83.3 Å². The van der Waals surface area contributed by atoms with E-state index in [0.29, 0.717) is 12.3 Å². The quantitative estimate of drug-likeness (QED) is 0.174. The lowest BCUT2D eigenvalue weighted by atomic mass is 9.82. The molecular weight excluding hydrogens is 634 g/mol. The second kappa shape index (κ2) is 13.4. The molecule has 2 fully saturated rings. The molecule has 2 saturated heterocycles. The van der Waals surface area contributed by atoms with E-state index in [1.807, 2.05) is 0 Å². The van der Waals surface area contributed by atoms with Crippen molar-refractivity contribution in [2.45, 2.75) is 82.2 Å². The molecule has 4 aromatic rings. The highest BCUT2D eigenvalue weighted by Gasteiger charge is 2.48. The molecule has 0 saturated carbocycles. The van der Waals surface area contributed by atoms with Gasteiger partial charge in [0, 0.05) is 49.7 Å². The van der Waals surface area contributed by atoms with E-state index in [2.05, 4.69) is 120 Å². The minimum absolute atomic E-state index is 0.102. The van der Waals surface area contributed by atoms with E-state index >= 15 is 0 Å². The first kappa shape index (κ1) is 34.3. The Hall–Kier alpha value is -3.58. The highest BCUT2D eigenvalue weighted by Crippen LogP contribution is 2.42. The first-order chi connectivity index (χ1) is 22.7. The molecule has 0 spiro atoms. The molecule has 3 aromatic carbocycles. The zero-order valence-corrected chi connectivity index (χ0v) is 29.5. The molecule has 2 aliphatic rings. The van der Waals surface area contributed by atoms with E-state index in [9.17, 15) is 13.2 Å². The molecule has 2 aliphatic heterocycles. The van der Waals surface area contributed by atoms with Crippen LogP contribution in [-0.2, 0) is 17.1 Å². The van der Waals surface area contributed by atoms with Crippen LogP contribution in [0.1, 0.15) is 55.6 Å². The van der Waals surface area contributed by atoms with Crippen molar-refractivity contribution in [1.29, 1.82) is 0 Å². The Labute approximate surface area is 282 Å². The van der Waals surface area contributed by atoms with Gasteiger partial charge in [-0.3, -0.25) is 9.80 Å². The van der Waals surface area contributed by atoms with Gasteiger partial charge < -0.3 is 9.16 Å². The molecule has 0 unspecified atom stereocenters. The third-order valence-corrected chi connectivity index (χ3v) is 14.9. The van der Waals surface area contributed by atoms with Gasteiger partial charge in [0.05, 0.1) is 18.9 Å². The zero-order valence-electron chi connectivity index (χ0n) is 28.5. The Balaban J connectivity index is 1.36. The molecule has 0 amide bonds. The summed E-state index contributed by atoms with van der Waals surface area (Å²) >= 11 is 0. The number of alkyl halides is 3. The van der Waals surface area contributed by atoms with Crippen molar-refractivity contribution in [2.75, 3.05) is 26.7 Å².